The topological polar surface area (TPSA) is 132 Å². The van der Waals surface area contributed by atoms with E-state index in [1.54, 1.807) is 67.6 Å². The van der Waals surface area contributed by atoms with Crippen LogP contribution in [0.5, 0.6) is 17.2 Å². The molecule has 0 aromatic heterocycles. The van der Waals surface area contributed by atoms with Gasteiger partial charge in [-0.15, -0.1) is 0 Å². The van der Waals surface area contributed by atoms with Crippen LogP contribution in [0.3, 0.4) is 0 Å². The first-order chi connectivity index (χ1) is 21.8. The van der Waals surface area contributed by atoms with E-state index in [9.17, 15) is 24.0 Å². The van der Waals surface area contributed by atoms with Crippen LogP contribution in [-0.2, 0) is 33.4 Å². The van der Waals surface area contributed by atoms with Crippen LogP contribution in [-0.4, -0.2) is 43.1 Å². The maximum Gasteiger partial charge on any atom is 0.338 e. The summed E-state index contributed by atoms with van der Waals surface area (Å²) in [5.41, 5.74) is 3.58. The molecular weight excluding hydrogens is 592 g/mol. The molecule has 238 valence electrons. The predicted molar refractivity (Wildman–Crippen MR) is 170 cm³/mol. The molecule has 0 aliphatic carbocycles. The number of hydrogen-bond acceptors (Lipinski definition) is 10. The van der Waals surface area contributed by atoms with Gasteiger partial charge in [-0.2, -0.15) is 0 Å². The molecule has 3 aromatic carbocycles. The van der Waals surface area contributed by atoms with Gasteiger partial charge in [0.2, 0.25) is 0 Å². The summed E-state index contributed by atoms with van der Waals surface area (Å²) in [6, 6.07) is 18.7. The summed E-state index contributed by atoms with van der Waals surface area (Å²) in [6.07, 6.45) is -0.244. The Kier molecular flexibility index (Phi) is 12.3. The lowest BCUT2D eigenvalue weighted by molar-refractivity contribution is -0.144. The highest BCUT2D eigenvalue weighted by Gasteiger charge is 2.13. The van der Waals surface area contributed by atoms with Gasteiger partial charge in [0.15, 0.2) is 0 Å². The van der Waals surface area contributed by atoms with E-state index in [-0.39, 0.29) is 48.5 Å². The van der Waals surface area contributed by atoms with Crippen molar-refractivity contribution in [2.24, 2.45) is 0 Å². The van der Waals surface area contributed by atoms with Crippen LogP contribution >= 0.6 is 0 Å². The van der Waals surface area contributed by atoms with Crippen molar-refractivity contribution >= 4 is 29.8 Å². The largest absolute Gasteiger partial charge is 0.462 e. The normalized spacial score (nSPS) is 10.2. The van der Waals surface area contributed by atoms with Crippen LogP contribution < -0.4 is 14.2 Å². The van der Waals surface area contributed by atoms with Gasteiger partial charge in [-0.05, 0) is 85.5 Å². The van der Waals surface area contributed by atoms with E-state index in [4.69, 9.17) is 23.7 Å². The lowest BCUT2D eigenvalue weighted by Crippen LogP contribution is -2.14. The number of rotatable bonds is 14. The third-order valence-corrected chi connectivity index (χ3v) is 6.08. The highest BCUT2D eigenvalue weighted by molar-refractivity contribution is 5.90. The molecule has 0 fully saturated rings. The molecule has 0 saturated carbocycles. The van der Waals surface area contributed by atoms with Gasteiger partial charge in [-0.1, -0.05) is 44.0 Å². The van der Waals surface area contributed by atoms with E-state index in [1.807, 2.05) is 6.07 Å². The zero-order valence-corrected chi connectivity index (χ0v) is 25.9. The summed E-state index contributed by atoms with van der Waals surface area (Å²) in [6.45, 7) is 14.9. The third-order valence-electron chi connectivity index (χ3n) is 6.08. The smallest absolute Gasteiger partial charge is 0.338 e. The molecule has 0 N–H and O–H groups in total. The fourth-order valence-electron chi connectivity index (χ4n) is 3.68. The molecule has 0 spiro atoms. The monoisotopic (exact) mass is 626 g/mol. The standard InChI is InChI=1S/C36H34O10/c1-22(2)34(39)42-17-15-32(37)44-29-11-7-25(8-12-29)27-19-28(21-31(20-27)46-36(41)24(5)6)26-9-13-30(14-10-26)45-33(38)16-18-43-35(40)23(3)4/h7-14,19-21H,1,3,5,15-18H2,2,4,6H3. The first-order valence-corrected chi connectivity index (χ1v) is 14.1. The molecule has 0 heterocycles. The van der Waals surface area contributed by atoms with Gasteiger partial charge in [-0.3, -0.25) is 9.59 Å². The van der Waals surface area contributed by atoms with E-state index >= 15 is 0 Å². The van der Waals surface area contributed by atoms with Crippen LogP contribution in [0, 0.1) is 0 Å². The zero-order valence-electron chi connectivity index (χ0n) is 25.9. The molecule has 0 saturated heterocycles. The highest BCUT2D eigenvalue weighted by Crippen LogP contribution is 2.33. The number of ether oxygens (including phenoxy) is 5. The fourth-order valence-corrected chi connectivity index (χ4v) is 3.68. The van der Waals surface area contributed by atoms with Crippen molar-refractivity contribution in [1.29, 1.82) is 0 Å². The van der Waals surface area contributed by atoms with E-state index in [0.717, 1.165) is 11.1 Å². The minimum atomic E-state index is -0.588. The van der Waals surface area contributed by atoms with Crippen molar-refractivity contribution in [2.45, 2.75) is 33.6 Å². The molecule has 3 aromatic rings. The average molecular weight is 627 g/mol. The second-order valence-corrected chi connectivity index (χ2v) is 10.2. The highest BCUT2D eigenvalue weighted by atomic mass is 16.6. The molecule has 3 rings (SSSR count). The second-order valence-electron chi connectivity index (χ2n) is 10.2. The van der Waals surface area contributed by atoms with Gasteiger partial charge in [-0.25, -0.2) is 14.4 Å². The number of carbonyl (C=O) groups is 5. The third kappa shape index (κ3) is 10.7. The molecule has 10 heteroatoms. The summed E-state index contributed by atoms with van der Waals surface area (Å²) in [5.74, 6) is -2.02. The Bertz CT molecular complexity index is 1560. The average Bonchev–Trinajstić information content (AvgIpc) is 3.01. The molecule has 0 aliphatic heterocycles. The van der Waals surface area contributed by atoms with Crippen LogP contribution in [0.1, 0.15) is 33.6 Å². The number of hydrogen-bond donors (Lipinski definition) is 0. The zero-order chi connectivity index (χ0) is 33.8. The summed E-state index contributed by atoms with van der Waals surface area (Å²) >= 11 is 0. The number of carbonyl (C=O) groups excluding carboxylic acids is 5. The van der Waals surface area contributed by atoms with Crippen LogP contribution in [0.25, 0.3) is 22.3 Å². The molecule has 0 amide bonds. The van der Waals surface area contributed by atoms with Gasteiger partial charge < -0.3 is 23.7 Å². The molecule has 10 nitrogen and oxygen atoms in total. The SMILES string of the molecule is C=C(C)C(=O)OCCC(=O)Oc1ccc(-c2cc(OC(=O)C(=C)C)cc(-c3ccc(OC(=O)CCOC(=O)C(=C)C)cc3)c2)cc1. The Balaban J connectivity index is 1.75. The molecule has 0 unspecified atom stereocenters. The Morgan fingerprint density at radius 3 is 1.20 bits per heavy atom. The Hall–Kier alpha value is -5.77. The predicted octanol–water partition coefficient (Wildman–Crippen LogP) is 6.33. The van der Waals surface area contributed by atoms with Gasteiger partial charge in [0.25, 0.3) is 0 Å². The fraction of sp³-hybridized carbons (Fsp3) is 0.194. The van der Waals surface area contributed by atoms with Crippen molar-refractivity contribution < 1.29 is 47.7 Å². The number of benzene rings is 3. The van der Waals surface area contributed by atoms with E-state index in [1.165, 1.54) is 13.8 Å². The maximum atomic E-state index is 12.3. The quantitative estimate of drug-likeness (QED) is 0.114. The summed E-state index contributed by atoms with van der Waals surface area (Å²) in [7, 11) is 0. The van der Waals surface area contributed by atoms with E-state index in [0.29, 0.717) is 22.6 Å². The summed E-state index contributed by atoms with van der Waals surface area (Å²) in [5, 5.41) is 0. The van der Waals surface area contributed by atoms with Crippen LogP contribution in [0.2, 0.25) is 0 Å². The van der Waals surface area contributed by atoms with E-state index in [2.05, 4.69) is 19.7 Å². The Morgan fingerprint density at radius 1 is 0.478 bits per heavy atom. The van der Waals surface area contributed by atoms with Gasteiger partial charge >= 0.3 is 29.8 Å². The Morgan fingerprint density at radius 2 is 0.848 bits per heavy atom. The van der Waals surface area contributed by atoms with Gasteiger partial charge in [0, 0.05) is 16.7 Å². The minimum Gasteiger partial charge on any atom is -0.462 e. The second kappa shape index (κ2) is 16.3. The van der Waals surface area contributed by atoms with Crippen LogP contribution in [0.4, 0.5) is 0 Å². The maximum absolute atomic E-state index is 12.3. The number of esters is 5. The van der Waals surface area contributed by atoms with E-state index < -0.39 is 29.8 Å². The first kappa shape index (κ1) is 34.7. The van der Waals surface area contributed by atoms with Crippen molar-refractivity contribution in [1.82, 2.24) is 0 Å². The van der Waals surface area contributed by atoms with Crippen molar-refractivity contribution in [3.63, 3.8) is 0 Å². The Labute approximate surface area is 266 Å². The molecule has 0 bridgehead atoms. The summed E-state index contributed by atoms with van der Waals surface area (Å²) < 4.78 is 26.0. The molecule has 0 aliphatic rings. The van der Waals surface area contributed by atoms with Crippen LogP contribution in [0.15, 0.2) is 103 Å². The van der Waals surface area contributed by atoms with Gasteiger partial charge in [0.05, 0.1) is 12.8 Å². The summed E-state index contributed by atoms with van der Waals surface area (Å²) in [4.78, 5) is 59.6. The lowest BCUT2D eigenvalue weighted by atomic mass is 9.98. The van der Waals surface area contributed by atoms with Crippen molar-refractivity contribution in [3.05, 3.63) is 103 Å². The first-order valence-electron chi connectivity index (χ1n) is 14.1. The van der Waals surface area contributed by atoms with Gasteiger partial charge in [0.1, 0.15) is 30.5 Å². The molecule has 0 atom stereocenters. The molecular formula is C36H34O10. The molecule has 0 radical (unpaired) electrons. The van der Waals surface area contributed by atoms with Crippen molar-refractivity contribution in [3.8, 4) is 39.5 Å². The van der Waals surface area contributed by atoms with Crippen molar-refractivity contribution in [2.75, 3.05) is 13.2 Å². The molecule has 46 heavy (non-hydrogen) atoms. The minimum absolute atomic E-state index is 0.122. The lowest BCUT2D eigenvalue weighted by Gasteiger charge is -2.12.